The first-order chi connectivity index (χ1) is 10.0. The molecule has 0 aromatic heterocycles. The molecule has 21 heavy (non-hydrogen) atoms. The molecule has 0 saturated carbocycles. The van der Waals surface area contributed by atoms with Crippen molar-refractivity contribution in [1.82, 2.24) is 0 Å². The highest BCUT2D eigenvalue weighted by molar-refractivity contribution is 6.33. The Morgan fingerprint density at radius 2 is 2.00 bits per heavy atom. The number of aryl methyl sites for hydroxylation is 1. The number of halogens is 2. The molecule has 2 aromatic rings. The Kier molecular flexibility index (Phi) is 3.74. The molecule has 0 amide bonds. The number of benzene rings is 2. The lowest BCUT2D eigenvalue weighted by molar-refractivity contribution is -0.384. The Hall–Kier alpha value is -1.78. The molecule has 0 heterocycles. The van der Waals surface area contributed by atoms with Crippen LogP contribution in [0.5, 0.6) is 0 Å². The van der Waals surface area contributed by atoms with Crippen molar-refractivity contribution >= 4 is 34.6 Å². The number of rotatable bonds is 3. The molecule has 6 heteroatoms. The molecule has 1 aliphatic carbocycles. The first kappa shape index (κ1) is 14.2. The molecule has 2 aromatic carbocycles. The summed E-state index contributed by atoms with van der Waals surface area (Å²) in [6.07, 6.45) is 1.84. The van der Waals surface area contributed by atoms with E-state index in [-0.39, 0.29) is 11.7 Å². The Morgan fingerprint density at radius 1 is 1.19 bits per heavy atom. The third kappa shape index (κ3) is 2.82. The number of nitrogens with zero attached hydrogens (tertiary/aromatic N) is 1. The summed E-state index contributed by atoms with van der Waals surface area (Å²) >= 11 is 12.1. The molecule has 0 saturated heterocycles. The van der Waals surface area contributed by atoms with Crippen molar-refractivity contribution in [2.75, 3.05) is 5.32 Å². The van der Waals surface area contributed by atoms with Crippen LogP contribution in [0.1, 0.15) is 23.6 Å². The van der Waals surface area contributed by atoms with Gasteiger partial charge in [-0.15, -0.1) is 0 Å². The highest BCUT2D eigenvalue weighted by Gasteiger charge is 2.23. The Labute approximate surface area is 131 Å². The first-order valence-corrected chi connectivity index (χ1v) is 7.29. The largest absolute Gasteiger partial charge is 0.377 e. The summed E-state index contributed by atoms with van der Waals surface area (Å²) in [4.78, 5) is 10.4. The van der Waals surface area contributed by atoms with Crippen LogP contribution in [0, 0.1) is 10.1 Å². The van der Waals surface area contributed by atoms with Crippen molar-refractivity contribution in [3.8, 4) is 0 Å². The van der Waals surface area contributed by atoms with Gasteiger partial charge in [0.2, 0.25) is 0 Å². The quantitative estimate of drug-likeness (QED) is 0.639. The summed E-state index contributed by atoms with van der Waals surface area (Å²) < 4.78 is 0. The number of fused-ring (bicyclic) bond motifs is 1. The van der Waals surface area contributed by atoms with Gasteiger partial charge in [0.05, 0.1) is 21.7 Å². The minimum Gasteiger partial charge on any atom is -0.377 e. The molecular weight excluding hydrogens is 311 g/mol. The normalized spacial score (nSPS) is 16.6. The maximum absolute atomic E-state index is 10.9. The number of hydrogen-bond donors (Lipinski definition) is 1. The highest BCUT2D eigenvalue weighted by atomic mass is 35.5. The van der Waals surface area contributed by atoms with E-state index in [1.807, 2.05) is 18.2 Å². The molecule has 0 radical (unpaired) electrons. The Balaban J connectivity index is 1.89. The van der Waals surface area contributed by atoms with Crippen molar-refractivity contribution in [3.63, 3.8) is 0 Å². The fraction of sp³-hybridized carbons (Fsp3) is 0.200. The van der Waals surface area contributed by atoms with E-state index in [0.717, 1.165) is 17.9 Å². The van der Waals surface area contributed by atoms with Crippen LogP contribution in [0.15, 0.2) is 36.4 Å². The zero-order chi connectivity index (χ0) is 15.0. The van der Waals surface area contributed by atoms with Gasteiger partial charge in [-0.3, -0.25) is 10.1 Å². The minimum atomic E-state index is -0.427. The van der Waals surface area contributed by atoms with E-state index >= 15 is 0 Å². The third-order valence-corrected chi connectivity index (χ3v) is 4.24. The fourth-order valence-electron chi connectivity index (χ4n) is 2.66. The number of nitro groups is 1. The standard InChI is InChI=1S/C15H12Cl2N2O2/c16-10-2-4-12-9(7-10)1-6-14(12)18-15-8-11(19(20)21)3-5-13(15)17/h2-5,7-8,14,18H,1,6H2. The molecule has 1 atom stereocenters. The zero-order valence-corrected chi connectivity index (χ0v) is 12.5. The van der Waals surface area contributed by atoms with Crippen molar-refractivity contribution in [3.05, 3.63) is 67.7 Å². The van der Waals surface area contributed by atoms with Crippen LogP contribution in [0.3, 0.4) is 0 Å². The van der Waals surface area contributed by atoms with E-state index in [0.29, 0.717) is 10.7 Å². The van der Waals surface area contributed by atoms with Crippen LogP contribution >= 0.6 is 23.2 Å². The van der Waals surface area contributed by atoms with Crippen LogP contribution in [0.4, 0.5) is 11.4 Å². The lowest BCUT2D eigenvalue weighted by atomic mass is 10.1. The van der Waals surface area contributed by atoms with Gasteiger partial charge in [-0.2, -0.15) is 0 Å². The summed E-state index contributed by atoms with van der Waals surface area (Å²) in [5.74, 6) is 0. The lowest BCUT2D eigenvalue weighted by Crippen LogP contribution is -2.07. The lowest BCUT2D eigenvalue weighted by Gasteiger charge is -2.16. The molecule has 0 spiro atoms. The number of hydrogen-bond acceptors (Lipinski definition) is 3. The molecule has 1 unspecified atom stereocenters. The van der Waals surface area contributed by atoms with Gasteiger partial charge in [0.15, 0.2) is 0 Å². The van der Waals surface area contributed by atoms with E-state index in [4.69, 9.17) is 23.2 Å². The van der Waals surface area contributed by atoms with E-state index in [1.165, 1.54) is 23.3 Å². The van der Waals surface area contributed by atoms with Crippen LogP contribution < -0.4 is 5.32 Å². The molecule has 4 nitrogen and oxygen atoms in total. The molecule has 1 N–H and O–H groups in total. The average molecular weight is 323 g/mol. The predicted octanol–water partition coefficient (Wildman–Crippen LogP) is 5.00. The molecule has 1 aliphatic rings. The maximum Gasteiger partial charge on any atom is 0.271 e. The Bertz CT molecular complexity index is 719. The number of anilines is 1. The van der Waals surface area contributed by atoms with Gasteiger partial charge in [-0.25, -0.2) is 0 Å². The van der Waals surface area contributed by atoms with E-state index in [2.05, 4.69) is 5.32 Å². The smallest absolute Gasteiger partial charge is 0.271 e. The molecule has 0 fully saturated rings. The van der Waals surface area contributed by atoms with Crippen molar-refractivity contribution in [2.45, 2.75) is 18.9 Å². The molecule has 108 valence electrons. The first-order valence-electron chi connectivity index (χ1n) is 6.53. The molecule has 0 aliphatic heterocycles. The molecule has 0 bridgehead atoms. The summed E-state index contributed by atoms with van der Waals surface area (Å²) in [6, 6.07) is 10.3. The summed E-state index contributed by atoms with van der Waals surface area (Å²) in [5.41, 5.74) is 2.98. The summed E-state index contributed by atoms with van der Waals surface area (Å²) in [6.45, 7) is 0. The summed E-state index contributed by atoms with van der Waals surface area (Å²) in [5, 5.41) is 15.4. The second kappa shape index (κ2) is 5.54. The second-order valence-corrected chi connectivity index (χ2v) is 5.84. The molecule has 3 rings (SSSR count). The SMILES string of the molecule is O=[N+]([O-])c1ccc(Cl)c(NC2CCc3cc(Cl)ccc32)c1. The number of non-ortho nitro benzene ring substituents is 1. The van der Waals surface area contributed by atoms with E-state index in [9.17, 15) is 10.1 Å². The summed E-state index contributed by atoms with van der Waals surface area (Å²) in [7, 11) is 0. The van der Waals surface area contributed by atoms with Gasteiger partial charge in [-0.05, 0) is 42.2 Å². The maximum atomic E-state index is 10.9. The van der Waals surface area contributed by atoms with Gasteiger partial charge in [0.1, 0.15) is 0 Å². The third-order valence-electron chi connectivity index (χ3n) is 3.67. The molecular formula is C15H12Cl2N2O2. The van der Waals surface area contributed by atoms with Crippen molar-refractivity contribution < 1.29 is 4.92 Å². The zero-order valence-electron chi connectivity index (χ0n) is 11.0. The van der Waals surface area contributed by atoms with Crippen molar-refractivity contribution in [2.24, 2.45) is 0 Å². The van der Waals surface area contributed by atoms with Gasteiger partial charge >= 0.3 is 0 Å². The van der Waals surface area contributed by atoms with Gasteiger partial charge < -0.3 is 5.32 Å². The highest BCUT2D eigenvalue weighted by Crippen LogP contribution is 2.37. The van der Waals surface area contributed by atoms with Crippen molar-refractivity contribution in [1.29, 1.82) is 0 Å². The van der Waals surface area contributed by atoms with Gasteiger partial charge in [0, 0.05) is 17.2 Å². The van der Waals surface area contributed by atoms with Crippen LogP contribution in [0.25, 0.3) is 0 Å². The van der Waals surface area contributed by atoms with Crippen LogP contribution in [-0.4, -0.2) is 4.92 Å². The average Bonchev–Trinajstić information content (AvgIpc) is 2.83. The minimum absolute atomic E-state index is 0.0243. The topological polar surface area (TPSA) is 55.2 Å². The van der Waals surface area contributed by atoms with Crippen LogP contribution in [0.2, 0.25) is 10.0 Å². The number of nitrogens with one attached hydrogen (secondary N) is 1. The number of nitro benzene ring substituents is 1. The predicted molar refractivity (Wildman–Crippen MR) is 84.2 cm³/mol. The van der Waals surface area contributed by atoms with Gasteiger partial charge in [-0.1, -0.05) is 29.3 Å². The second-order valence-electron chi connectivity index (χ2n) is 5.00. The monoisotopic (exact) mass is 322 g/mol. The Morgan fingerprint density at radius 3 is 2.76 bits per heavy atom. The van der Waals surface area contributed by atoms with Gasteiger partial charge in [0.25, 0.3) is 5.69 Å². The van der Waals surface area contributed by atoms with Crippen LogP contribution in [-0.2, 0) is 6.42 Å². The fourth-order valence-corrected chi connectivity index (χ4v) is 3.03. The van der Waals surface area contributed by atoms with E-state index in [1.54, 1.807) is 6.07 Å². The van der Waals surface area contributed by atoms with E-state index < -0.39 is 4.92 Å².